The first-order valence-electron chi connectivity index (χ1n) is 4.61. The van der Waals surface area contributed by atoms with Crippen LogP contribution in [0.2, 0.25) is 0 Å². The summed E-state index contributed by atoms with van der Waals surface area (Å²) in [7, 11) is 0. The van der Waals surface area contributed by atoms with Crippen LogP contribution in [0, 0.1) is 13.0 Å². The summed E-state index contributed by atoms with van der Waals surface area (Å²) in [6, 6.07) is 17.2. The van der Waals surface area contributed by atoms with E-state index in [2.05, 4.69) is 25.1 Å². The van der Waals surface area contributed by atoms with Crippen LogP contribution in [0.4, 0.5) is 5.69 Å². The summed E-state index contributed by atoms with van der Waals surface area (Å²) in [6.07, 6.45) is 0. The van der Waals surface area contributed by atoms with E-state index < -0.39 is 0 Å². The summed E-state index contributed by atoms with van der Waals surface area (Å²) in [4.78, 5) is 0. The van der Waals surface area contributed by atoms with E-state index >= 15 is 0 Å². The molecule has 2 rings (SSSR count). The number of rotatable bonds is 1. The maximum Gasteiger partial charge on any atom is 2.00 e. The Morgan fingerprint density at radius 3 is 2.40 bits per heavy atom. The second kappa shape index (κ2) is 5.12. The van der Waals surface area contributed by atoms with E-state index in [9.17, 15) is 0 Å². The molecule has 0 saturated carbocycles. The summed E-state index contributed by atoms with van der Waals surface area (Å²) in [5.74, 6) is 0. The minimum Gasteiger partial charge on any atom is -0.414 e. The van der Waals surface area contributed by atoms with Gasteiger partial charge in [0.15, 0.2) is 0 Å². The Morgan fingerprint density at radius 2 is 1.73 bits per heavy atom. The Labute approximate surface area is 104 Å². The van der Waals surface area contributed by atoms with E-state index in [0.29, 0.717) is 5.69 Å². The predicted octanol–water partition coefficient (Wildman–Crippen LogP) is 3.04. The van der Waals surface area contributed by atoms with Crippen molar-refractivity contribution in [2.75, 3.05) is 5.73 Å². The molecule has 0 atom stereocenters. The maximum absolute atomic E-state index is 5.69. The molecule has 0 heterocycles. The van der Waals surface area contributed by atoms with Crippen LogP contribution in [0.1, 0.15) is 5.56 Å². The van der Waals surface area contributed by atoms with Crippen LogP contribution in [0.5, 0.6) is 0 Å². The third-order valence-corrected chi connectivity index (χ3v) is 2.25. The maximum atomic E-state index is 5.69. The fourth-order valence-corrected chi connectivity index (χ4v) is 1.52. The molecule has 78 valence electrons. The number of nitrogens with two attached hydrogens (primary N) is 1. The molecule has 0 unspecified atom stereocenters. The standard InChI is InChI=1S/C13H12N.Pd/c1-10-5-2-3-8-13(10)11-6-4-7-12(14)9-11;/h2-8H,14H2,1H3;/q-1;+2. The van der Waals surface area contributed by atoms with Gasteiger partial charge < -0.3 is 5.73 Å². The molecule has 2 aromatic carbocycles. The van der Waals surface area contributed by atoms with Gasteiger partial charge in [0, 0.05) is 0 Å². The number of aryl methyl sites for hydroxylation is 1. The van der Waals surface area contributed by atoms with Crippen LogP contribution < -0.4 is 5.73 Å². The van der Waals surface area contributed by atoms with Crippen molar-refractivity contribution in [3.05, 3.63) is 54.1 Å². The molecule has 0 radical (unpaired) electrons. The van der Waals surface area contributed by atoms with E-state index in [0.717, 1.165) is 5.56 Å². The molecular formula is C13H12NPd+. The number of benzene rings is 2. The van der Waals surface area contributed by atoms with Crippen LogP contribution in [0.25, 0.3) is 11.1 Å². The third kappa shape index (κ3) is 2.68. The Balaban J connectivity index is 0.00000112. The van der Waals surface area contributed by atoms with Crippen LogP contribution in [-0.4, -0.2) is 0 Å². The van der Waals surface area contributed by atoms with Gasteiger partial charge >= 0.3 is 20.4 Å². The fraction of sp³-hybridized carbons (Fsp3) is 0.0769. The van der Waals surface area contributed by atoms with Gasteiger partial charge in [-0.25, -0.2) is 0 Å². The average molecular weight is 289 g/mol. The summed E-state index contributed by atoms with van der Waals surface area (Å²) < 4.78 is 0. The molecule has 1 nitrogen and oxygen atoms in total. The summed E-state index contributed by atoms with van der Waals surface area (Å²) in [5, 5.41) is 0. The van der Waals surface area contributed by atoms with Crippen molar-refractivity contribution in [3.63, 3.8) is 0 Å². The zero-order valence-electron chi connectivity index (χ0n) is 8.44. The van der Waals surface area contributed by atoms with Crippen molar-refractivity contribution < 1.29 is 20.4 Å². The normalized spacial score (nSPS) is 9.40. The van der Waals surface area contributed by atoms with E-state index in [1.54, 1.807) is 0 Å². The second-order valence-electron chi connectivity index (χ2n) is 3.33. The van der Waals surface area contributed by atoms with Gasteiger partial charge in [-0.05, 0) is 6.92 Å². The molecule has 2 heteroatoms. The van der Waals surface area contributed by atoms with Crippen molar-refractivity contribution >= 4 is 5.69 Å². The smallest absolute Gasteiger partial charge is 0.414 e. The van der Waals surface area contributed by atoms with E-state index in [4.69, 9.17) is 5.73 Å². The Morgan fingerprint density at radius 1 is 1.00 bits per heavy atom. The van der Waals surface area contributed by atoms with Gasteiger partial charge in [-0.3, -0.25) is 0 Å². The summed E-state index contributed by atoms with van der Waals surface area (Å²) >= 11 is 0. The van der Waals surface area contributed by atoms with Gasteiger partial charge in [0.1, 0.15) is 0 Å². The Bertz CT molecular complexity index is 452. The topological polar surface area (TPSA) is 26.0 Å². The molecule has 0 fully saturated rings. The Kier molecular flexibility index (Phi) is 4.08. The van der Waals surface area contributed by atoms with Gasteiger partial charge in [0.25, 0.3) is 0 Å². The first-order chi connectivity index (χ1) is 6.77. The van der Waals surface area contributed by atoms with E-state index in [-0.39, 0.29) is 20.4 Å². The minimum absolute atomic E-state index is 0. The molecule has 0 saturated heterocycles. The molecule has 2 aromatic rings. The molecule has 0 spiro atoms. The van der Waals surface area contributed by atoms with Gasteiger partial charge in [-0.15, -0.1) is 29.8 Å². The number of nitrogen functional groups attached to an aromatic ring is 1. The van der Waals surface area contributed by atoms with Crippen LogP contribution in [0.15, 0.2) is 42.5 Å². The SMILES string of the molecule is Cc1ccccc1-c1[c-]c(N)ccc1.[Pd+2]. The largest absolute Gasteiger partial charge is 2.00 e. The van der Waals surface area contributed by atoms with Crippen LogP contribution in [-0.2, 0) is 20.4 Å². The molecule has 15 heavy (non-hydrogen) atoms. The molecule has 0 aliphatic heterocycles. The summed E-state index contributed by atoms with van der Waals surface area (Å²) in [6.45, 7) is 2.09. The molecule has 0 amide bonds. The van der Waals surface area contributed by atoms with Crippen LogP contribution in [0.3, 0.4) is 0 Å². The van der Waals surface area contributed by atoms with Crippen molar-refractivity contribution in [3.8, 4) is 11.1 Å². The molecule has 0 aliphatic rings. The van der Waals surface area contributed by atoms with Gasteiger partial charge in [0.2, 0.25) is 0 Å². The average Bonchev–Trinajstić information content (AvgIpc) is 2.18. The van der Waals surface area contributed by atoms with E-state index in [1.165, 1.54) is 11.1 Å². The van der Waals surface area contributed by atoms with Gasteiger partial charge in [0.05, 0.1) is 0 Å². The monoisotopic (exact) mass is 288 g/mol. The number of anilines is 1. The minimum atomic E-state index is 0. The third-order valence-electron chi connectivity index (χ3n) is 2.25. The molecule has 0 bridgehead atoms. The van der Waals surface area contributed by atoms with Gasteiger partial charge in [-0.1, -0.05) is 41.1 Å². The number of hydrogen-bond donors (Lipinski definition) is 1. The van der Waals surface area contributed by atoms with Crippen molar-refractivity contribution in [2.24, 2.45) is 0 Å². The van der Waals surface area contributed by atoms with Crippen LogP contribution >= 0.6 is 0 Å². The molecule has 0 aliphatic carbocycles. The predicted molar refractivity (Wildman–Crippen MR) is 59.9 cm³/mol. The van der Waals surface area contributed by atoms with Crippen molar-refractivity contribution in [1.82, 2.24) is 0 Å². The Hall–Kier alpha value is -1.10. The molecule has 0 aromatic heterocycles. The summed E-state index contributed by atoms with van der Waals surface area (Å²) in [5.41, 5.74) is 9.87. The number of hydrogen-bond acceptors (Lipinski definition) is 1. The zero-order chi connectivity index (χ0) is 9.97. The van der Waals surface area contributed by atoms with E-state index in [1.807, 2.05) is 30.3 Å². The molecule has 2 N–H and O–H groups in total. The molecular weight excluding hydrogens is 277 g/mol. The van der Waals surface area contributed by atoms with Crippen molar-refractivity contribution in [1.29, 1.82) is 0 Å². The first kappa shape index (κ1) is 12.0. The zero-order valence-corrected chi connectivity index (χ0v) is 9.99. The van der Waals surface area contributed by atoms with Crippen molar-refractivity contribution in [2.45, 2.75) is 6.92 Å². The quantitative estimate of drug-likeness (QED) is 0.487. The first-order valence-corrected chi connectivity index (χ1v) is 4.61. The fourth-order valence-electron chi connectivity index (χ4n) is 1.52. The second-order valence-corrected chi connectivity index (χ2v) is 3.33. The van der Waals surface area contributed by atoms with Gasteiger partial charge in [-0.2, -0.15) is 0 Å².